The minimum atomic E-state index is 0.219. The number of hydrogen-bond donors (Lipinski definition) is 2. The summed E-state index contributed by atoms with van der Waals surface area (Å²) in [6.45, 7) is 4.22. The summed E-state index contributed by atoms with van der Waals surface area (Å²) in [7, 11) is 4.05. The first-order valence-corrected chi connectivity index (χ1v) is 6.30. The van der Waals surface area contributed by atoms with Gasteiger partial charge in [-0.25, -0.2) is 0 Å². The number of hydrogen-bond acceptors (Lipinski definition) is 4. The molecule has 2 N–H and O–H groups in total. The van der Waals surface area contributed by atoms with Crippen LogP contribution in [0.3, 0.4) is 0 Å². The Morgan fingerprint density at radius 1 is 1.56 bits per heavy atom. The van der Waals surface area contributed by atoms with Gasteiger partial charge in [0.25, 0.3) is 0 Å². The average Bonchev–Trinajstić information content (AvgIpc) is 2.31. The fourth-order valence-corrected chi connectivity index (χ4v) is 2.19. The quantitative estimate of drug-likeness (QED) is 0.661. The Hall–Kier alpha value is -0.160. The maximum absolute atomic E-state index is 9.06. The lowest BCUT2D eigenvalue weighted by Crippen LogP contribution is -2.36. The molecule has 4 heteroatoms. The van der Waals surface area contributed by atoms with Gasteiger partial charge in [-0.05, 0) is 45.8 Å². The van der Waals surface area contributed by atoms with Crippen molar-refractivity contribution in [2.24, 2.45) is 5.92 Å². The van der Waals surface area contributed by atoms with E-state index in [0.717, 1.165) is 32.7 Å². The number of rotatable bonds is 7. The smallest absolute Gasteiger partial charge is 0.0585 e. The van der Waals surface area contributed by atoms with Gasteiger partial charge in [-0.2, -0.15) is 0 Å². The van der Waals surface area contributed by atoms with Crippen LogP contribution in [0.5, 0.6) is 0 Å². The fraction of sp³-hybridized carbons (Fsp3) is 1.00. The summed E-state index contributed by atoms with van der Waals surface area (Å²) in [5.74, 6) is 0.695. The molecule has 0 bridgehead atoms. The van der Waals surface area contributed by atoms with Crippen molar-refractivity contribution in [1.29, 1.82) is 0 Å². The zero-order chi connectivity index (χ0) is 11.8. The number of nitrogens with one attached hydrogen (secondary N) is 1. The van der Waals surface area contributed by atoms with Gasteiger partial charge in [0.1, 0.15) is 0 Å². The van der Waals surface area contributed by atoms with Crippen LogP contribution in [-0.2, 0) is 4.74 Å². The van der Waals surface area contributed by atoms with Gasteiger partial charge in [-0.3, -0.25) is 0 Å². The average molecular weight is 230 g/mol. The van der Waals surface area contributed by atoms with Crippen LogP contribution >= 0.6 is 0 Å². The second-order valence-electron chi connectivity index (χ2n) is 4.80. The van der Waals surface area contributed by atoms with Gasteiger partial charge >= 0.3 is 0 Å². The summed E-state index contributed by atoms with van der Waals surface area (Å²) in [5.41, 5.74) is 0. The molecule has 0 spiro atoms. The van der Waals surface area contributed by atoms with Crippen LogP contribution in [0.15, 0.2) is 0 Å². The molecule has 2 unspecified atom stereocenters. The molecule has 1 aliphatic rings. The van der Waals surface area contributed by atoms with Gasteiger partial charge in [0, 0.05) is 19.2 Å². The van der Waals surface area contributed by atoms with E-state index in [9.17, 15) is 0 Å². The van der Waals surface area contributed by atoms with Crippen molar-refractivity contribution in [2.75, 3.05) is 47.0 Å². The summed E-state index contributed by atoms with van der Waals surface area (Å²) in [4.78, 5) is 2.35. The maximum Gasteiger partial charge on any atom is 0.0585 e. The molecule has 4 nitrogen and oxygen atoms in total. The van der Waals surface area contributed by atoms with Crippen molar-refractivity contribution in [2.45, 2.75) is 25.3 Å². The topological polar surface area (TPSA) is 44.7 Å². The zero-order valence-corrected chi connectivity index (χ0v) is 10.6. The molecule has 0 radical (unpaired) electrons. The van der Waals surface area contributed by atoms with Gasteiger partial charge in [0.05, 0.1) is 13.2 Å². The molecule has 0 aromatic rings. The van der Waals surface area contributed by atoms with Crippen LogP contribution in [0.2, 0.25) is 0 Å². The van der Waals surface area contributed by atoms with E-state index in [1.54, 1.807) is 0 Å². The lowest BCUT2D eigenvalue weighted by Gasteiger charge is -2.27. The van der Waals surface area contributed by atoms with E-state index in [-0.39, 0.29) is 12.6 Å². The van der Waals surface area contributed by atoms with Gasteiger partial charge in [-0.15, -0.1) is 0 Å². The van der Waals surface area contributed by atoms with Crippen LogP contribution in [0.1, 0.15) is 19.3 Å². The molecule has 0 aromatic carbocycles. The van der Waals surface area contributed by atoms with Crippen molar-refractivity contribution in [3.63, 3.8) is 0 Å². The molecule has 2 atom stereocenters. The number of likely N-dealkylation sites (N-methyl/N-ethyl adjacent to an activating group) is 1. The van der Waals surface area contributed by atoms with Crippen LogP contribution in [-0.4, -0.2) is 63.1 Å². The molecule has 0 aliphatic carbocycles. The Morgan fingerprint density at radius 3 is 2.94 bits per heavy atom. The Morgan fingerprint density at radius 2 is 2.38 bits per heavy atom. The summed E-state index contributed by atoms with van der Waals surface area (Å²) in [5, 5.41) is 12.2. The summed E-state index contributed by atoms with van der Waals surface area (Å²) < 4.78 is 5.47. The fourth-order valence-electron chi connectivity index (χ4n) is 2.19. The first-order chi connectivity index (χ1) is 7.76. The van der Waals surface area contributed by atoms with E-state index in [1.165, 1.54) is 12.8 Å². The second-order valence-corrected chi connectivity index (χ2v) is 4.80. The SMILES string of the molecule is CNC(CO)CCN(C)CC1CCCOC1. The molecule has 1 saturated heterocycles. The highest BCUT2D eigenvalue weighted by molar-refractivity contribution is 4.69. The first-order valence-electron chi connectivity index (χ1n) is 6.30. The van der Waals surface area contributed by atoms with Crippen LogP contribution in [0, 0.1) is 5.92 Å². The molecule has 1 aliphatic heterocycles. The molecular weight excluding hydrogens is 204 g/mol. The highest BCUT2D eigenvalue weighted by atomic mass is 16.5. The first kappa shape index (κ1) is 13.9. The number of nitrogens with zero attached hydrogens (tertiary/aromatic N) is 1. The van der Waals surface area contributed by atoms with E-state index in [2.05, 4.69) is 17.3 Å². The van der Waals surface area contributed by atoms with Gasteiger partial charge in [0.15, 0.2) is 0 Å². The summed E-state index contributed by atoms with van der Waals surface area (Å²) in [6.07, 6.45) is 3.49. The third-order valence-corrected chi connectivity index (χ3v) is 3.31. The minimum Gasteiger partial charge on any atom is -0.395 e. The number of ether oxygens (including phenoxy) is 1. The van der Waals surface area contributed by atoms with Crippen molar-refractivity contribution < 1.29 is 9.84 Å². The second kappa shape index (κ2) is 8.01. The summed E-state index contributed by atoms with van der Waals surface area (Å²) in [6, 6.07) is 0.227. The van der Waals surface area contributed by atoms with Crippen LogP contribution in [0.4, 0.5) is 0 Å². The third kappa shape index (κ3) is 5.25. The lowest BCUT2D eigenvalue weighted by atomic mass is 10.0. The van der Waals surface area contributed by atoms with Gasteiger partial charge in [0.2, 0.25) is 0 Å². The van der Waals surface area contributed by atoms with Crippen molar-refractivity contribution >= 4 is 0 Å². The lowest BCUT2D eigenvalue weighted by molar-refractivity contribution is 0.0414. The molecular formula is C12H26N2O2. The number of aliphatic hydroxyl groups excluding tert-OH is 1. The van der Waals surface area contributed by atoms with Gasteiger partial charge < -0.3 is 20.1 Å². The van der Waals surface area contributed by atoms with E-state index < -0.39 is 0 Å². The maximum atomic E-state index is 9.06. The highest BCUT2D eigenvalue weighted by Gasteiger charge is 2.16. The van der Waals surface area contributed by atoms with Crippen molar-refractivity contribution in [3.8, 4) is 0 Å². The van der Waals surface area contributed by atoms with Crippen LogP contribution in [0.25, 0.3) is 0 Å². The molecule has 0 amide bonds. The molecule has 16 heavy (non-hydrogen) atoms. The predicted molar refractivity (Wildman–Crippen MR) is 65.6 cm³/mol. The Bertz CT molecular complexity index is 168. The molecule has 1 heterocycles. The minimum absolute atomic E-state index is 0.219. The Labute approximate surface area is 99.0 Å². The highest BCUT2D eigenvalue weighted by Crippen LogP contribution is 2.14. The number of aliphatic hydroxyl groups is 1. The summed E-state index contributed by atoms with van der Waals surface area (Å²) >= 11 is 0. The Balaban J connectivity index is 2.11. The monoisotopic (exact) mass is 230 g/mol. The largest absolute Gasteiger partial charge is 0.395 e. The van der Waals surface area contributed by atoms with Crippen molar-refractivity contribution in [3.05, 3.63) is 0 Å². The molecule has 96 valence electrons. The van der Waals surface area contributed by atoms with Gasteiger partial charge in [-0.1, -0.05) is 0 Å². The molecule has 0 saturated carbocycles. The van der Waals surface area contributed by atoms with E-state index in [0.29, 0.717) is 5.92 Å². The molecule has 1 rings (SSSR count). The molecule has 1 fully saturated rings. The van der Waals surface area contributed by atoms with E-state index in [4.69, 9.17) is 9.84 Å². The van der Waals surface area contributed by atoms with Crippen molar-refractivity contribution in [1.82, 2.24) is 10.2 Å². The van der Waals surface area contributed by atoms with E-state index in [1.807, 2.05) is 7.05 Å². The predicted octanol–water partition coefficient (Wildman–Crippen LogP) is 0.315. The Kier molecular flexibility index (Phi) is 6.96. The van der Waals surface area contributed by atoms with E-state index >= 15 is 0 Å². The standard InChI is InChI=1S/C12H26N2O2/c1-13-12(9-15)5-6-14(2)8-11-4-3-7-16-10-11/h11-13,15H,3-10H2,1-2H3. The zero-order valence-electron chi connectivity index (χ0n) is 10.6. The molecule has 0 aromatic heterocycles. The third-order valence-electron chi connectivity index (χ3n) is 3.31. The van der Waals surface area contributed by atoms with Crippen LogP contribution < -0.4 is 5.32 Å². The normalized spacial score (nSPS) is 23.6.